The first kappa shape index (κ1) is 9.59. The van der Waals surface area contributed by atoms with Crippen molar-refractivity contribution in [1.29, 1.82) is 0 Å². The first-order chi connectivity index (χ1) is 8.36. The van der Waals surface area contributed by atoms with Crippen LogP contribution in [0.4, 0.5) is 0 Å². The topological polar surface area (TPSA) is 79.4 Å². The van der Waals surface area contributed by atoms with Crippen molar-refractivity contribution in [1.82, 2.24) is 25.0 Å². The van der Waals surface area contributed by atoms with Gasteiger partial charge in [-0.2, -0.15) is 0 Å². The molecule has 0 aliphatic heterocycles. The summed E-state index contributed by atoms with van der Waals surface area (Å²) in [5.74, 6) is 0.631. The molecular formula is C11H9N5O. The molecule has 1 aromatic carbocycles. The fraction of sp³-hybridized carbons (Fsp3) is 0. The average molecular weight is 227 g/mol. The highest BCUT2D eigenvalue weighted by molar-refractivity contribution is 5.69. The summed E-state index contributed by atoms with van der Waals surface area (Å²) >= 11 is 0. The van der Waals surface area contributed by atoms with E-state index in [9.17, 15) is 4.79 Å². The Morgan fingerprint density at radius 1 is 1.00 bits per heavy atom. The van der Waals surface area contributed by atoms with Gasteiger partial charge in [0, 0.05) is 0 Å². The molecule has 0 unspecified atom stereocenters. The van der Waals surface area contributed by atoms with E-state index in [4.69, 9.17) is 0 Å². The zero-order valence-corrected chi connectivity index (χ0v) is 8.79. The van der Waals surface area contributed by atoms with E-state index in [1.54, 1.807) is 4.57 Å². The number of hydrogen-bond acceptors (Lipinski definition) is 3. The number of rotatable bonds is 2. The molecule has 3 rings (SSSR count). The normalized spacial score (nSPS) is 10.6. The molecule has 0 spiro atoms. The summed E-state index contributed by atoms with van der Waals surface area (Å²) in [5.41, 5.74) is 1.25. The van der Waals surface area contributed by atoms with E-state index < -0.39 is 0 Å². The van der Waals surface area contributed by atoms with Crippen molar-refractivity contribution >= 4 is 0 Å². The fourth-order valence-electron chi connectivity index (χ4n) is 1.73. The van der Waals surface area contributed by atoms with Crippen LogP contribution in [0.3, 0.4) is 0 Å². The third-order valence-corrected chi connectivity index (χ3v) is 2.50. The molecule has 0 fully saturated rings. The molecule has 0 atom stereocenters. The van der Waals surface area contributed by atoms with Crippen molar-refractivity contribution in [2.45, 2.75) is 0 Å². The van der Waals surface area contributed by atoms with Crippen LogP contribution in [0.5, 0.6) is 0 Å². The Bertz CT molecular complexity index is 665. The maximum atomic E-state index is 11.8. The van der Waals surface area contributed by atoms with Crippen molar-refractivity contribution in [3.8, 4) is 16.9 Å². The Labute approximate surface area is 95.9 Å². The molecule has 2 N–H and O–H groups in total. The molecule has 6 heteroatoms. The summed E-state index contributed by atoms with van der Waals surface area (Å²) in [4.78, 5) is 11.8. The van der Waals surface area contributed by atoms with Gasteiger partial charge in [0.15, 0.2) is 0 Å². The Morgan fingerprint density at radius 3 is 2.41 bits per heavy atom. The lowest BCUT2D eigenvalue weighted by molar-refractivity contribution is 0.948. The van der Waals surface area contributed by atoms with Crippen LogP contribution in [-0.2, 0) is 0 Å². The maximum absolute atomic E-state index is 11.8. The molecule has 0 aliphatic rings. The monoisotopic (exact) mass is 227 g/mol. The minimum Gasteiger partial charge on any atom is -0.282 e. The van der Waals surface area contributed by atoms with Gasteiger partial charge in [-0.15, -0.1) is 10.2 Å². The summed E-state index contributed by atoms with van der Waals surface area (Å²) in [6, 6.07) is 9.44. The lowest BCUT2D eigenvalue weighted by atomic mass is 10.1. The minimum atomic E-state index is -0.167. The van der Waals surface area contributed by atoms with Gasteiger partial charge in [-0.3, -0.25) is 19.6 Å². The molecule has 0 radical (unpaired) electrons. The molecule has 2 heterocycles. The number of aromatic nitrogens is 5. The van der Waals surface area contributed by atoms with Crippen molar-refractivity contribution in [2.75, 3.05) is 0 Å². The van der Waals surface area contributed by atoms with Gasteiger partial charge < -0.3 is 0 Å². The smallest absolute Gasteiger partial charge is 0.274 e. The molecular weight excluding hydrogens is 218 g/mol. The van der Waals surface area contributed by atoms with Crippen molar-refractivity contribution < 1.29 is 0 Å². The van der Waals surface area contributed by atoms with Crippen molar-refractivity contribution in [3.63, 3.8) is 0 Å². The van der Waals surface area contributed by atoms with Crippen LogP contribution >= 0.6 is 0 Å². The highest BCUT2D eigenvalue weighted by atomic mass is 16.1. The lowest BCUT2D eigenvalue weighted by Gasteiger charge is -2.01. The summed E-state index contributed by atoms with van der Waals surface area (Å²) in [6.07, 6.45) is 3.07. The zero-order chi connectivity index (χ0) is 11.7. The number of aromatic amines is 2. The summed E-state index contributed by atoms with van der Waals surface area (Å²) in [6.45, 7) is 0. The first-order valence-corrected chi connectivity index (χ1v) is 5.07. The second kappa shape index (κ2) is 3.75. The van der Waals surface area contributed by atoms with Gasteiger partial charge >= 0.3 is 0 Å². The molecule has 0 saturated heterocycles. The predicted molar refractivity (Wildman–Crippen MR) is 61.8 cm³/mol. The van der Waals surface area contributed by atoms with Crippen LogP contribution in [0.25, 0.3) is 16.9 Å². The quantitative estimate of drug-likeness (QED) is 0.684. The van der Waals surface area contributed by atoms with Gasteiger partial charge in [0.2, 0.25) is 0 Å². The van der Waals surface area contributed by atoms with Crippen LogP contribution in [0.2, 0.25) is 0 Å². The third-order valence-electron chi connectivity index (χ3n) is 2.50. The van der Waals surface area contributed by atoms with Crippen LogP contribution in [0.1, 0.15) is 0 Å². The molecule has 0 amide bonds. The SMILES string of the molecule is O=c1[nH][nH]c(-n2cnnc2)c1-c1ccccc1. The molecule has 17 heavy (non-hydrogen) atoms. The van der Waals surface area contributed by atoms with Crippen LogP contribution in [0, 0.1) is 0 Å². The summed E-state index contributed by atoms with van der Waals surface area (Å²) in [5, 5.41) is 12.8. The van der Waals surface area contributed by atoms with E-state index in [0.717, 1.165) is 5.56 Å². The van der Waals surface area contributed by atoms with Gasteiger partial charge in [0.25, 0.3) is 5.56 Å². The predicted octanol–water partition coefficient (Wildman–Crippen LogP) is 0.951. The molecule has 84 valence electrons. The van der Waals surface area contributed by atoms with Gasteiger partial charge in [0.05, 0.1) is 5.56 Å². The number of H-pyrrole nitrogens is 2. The van der Waals surface area contributed by atoms with Gasteiger partial charge in [-0.1, -0.05) is 30.3 Å². The number of hydrogen-bond donors (Lipinski definition) is 2. The average Bonchev–Trinajstić information content (AvgIpc) is 2.98. The van der Waals surface area contributed by atoms with Gasteiger partial charge in [-0.05, 0) is 5.56 Å². The van der Waals surface area contributed by atoms with Crippen molar-refractivity contribution in [3.05, 3.63) is 53.3 Å². The standard InChI is InChI=1S/C11H9N5O/c17-11-9(8-4-2-1-3-5-8)10(14-15-11)16-6-12-13-7-16/h1-7H,(H2,14,15,17). The zero-order valence-electron chi connectivity index (χ0n) is 8.79. The molecule has 6 nitrogen and oxygen atoms in total. The maximum Gasteiger partial charge on any atom is 0.274 e. The molecule has 0 bridgehead atoms. The lowest BCUT2D eigenvalue weighted by Crippen LogP contribution is -2.02. The van der Waals surface area contributed by atoms with E-state index in [1.807, 2.05) is 30.3 Å². The Morgan fingerprint density at radius 2 is 1.71 bits per heavy atom. The van der Waals surface area contributed by atoms with E-state index >= 15 is 0 Å². The fourth-order valence-corrected chi connectivity index (χ4v) is 1.73. The number of nitrogens with zero attached hydrogens (tertiary/aromatic N) is 3. The molecule has 3 aromatic rings. The highest BCUT2D eigenvalue weighted by Crippen LogP contribution is 2.20. The highest BCUT2D eigenvalue weighted by Gasteiger charge is 2.13. The number of nitrogens with one attached hydrogen (secondary N) is 2. The van der Waals surface area contributed by atoms with Crippen LogP contribution in [-0.4, -0.2) is 25.0 Å². The molecule has 0 saturated carbocycles. The minimum absolute atomic E-state index is 0.167. The van der Waals surface area contributed by atoms with Crippen LogP contribution in [0.15, 0.2) is 47.8 Å². The van der Waals surface area contributed by atoms with E-state index in [-0.39, 0.29) is 5.56 Å². The third kappa shape index (κ3) is 1.55. The number of benzene rings is 1. The largest absolute Gasteiger partial charge is 0.282 e. The summed E-state index contributed by atoms with van der Waals surface area (Å²) < 4.78 is 1.65. The summed E-state index contributed by atoms with van der Waals surface area (Å²) in [7, 11) is 0. The van der Waals surface area contributed by atoms with Gasteiger partial charge in [0.1, 0.15) is 18.5 Å². The Hall–Kier alpha value is -2.63. The van der Waals surface area contributed by atoms with Crippen LogP contribution < -0.4 is 5.56 Å². The van der Waals surface area contributed by atoms with E-state index in [0.29, 0.717) is 11.4 Å². The molecule has 0 aliphatic carbocycles. The second-order valence-corrected chi connectivity index (χ2v) is 3.54. The van der Waals surface area contributed by atoms with E-state index in [2.05, 4.69) is 20.4 Å². The van der Waals surface area contributed by atoms with E-state index in [1.165, 1.54) is 12.7 Å². The van der Waals surface area contributed by atoms with Gasteiger partial charge in [-0.25, -0.2) is 0 Å². The second-order valence-electron chi connectivity index (χ2n) is 3.54. The Kier molecular flexibility index (Phi) is 2.11. The first-order valence-electron chi connectivity index (χ1n) is 5.07. The van der Waals surface area contributed by atoms with Crippen molar-refractivity contribution in [2.24, 2.45) is 0 Å². The Balaban J connectivity index is 2.24. The molecule has 2 aromatic heterocycles.